The van der Waals surface area contributed by atoms with Gasteiger partial charge in [-0.05, 0) is 43.7 Å². The molecule has 2 N–H and O–H groups in total. The van der Waals surface area contributed by atoms with Crippen LogP contribution in [0.2, 0.25) is 0 Å². The Labute approximate surface area is 122 Å². The van der Waals surface area contributed by atoms with Crippen LogP contribution in [0.4, 0.5) is 11.6 Å². The highest BCUT2D eigenvalue weighted by atomic mass is 79.9. The van der Waals surface area contributed by atoms with Crippen LogP contribution in [0.25, 0.3) is 0 Å². The SMILES string of the molecule is CCNc1cccc(NC(C)c2ccc(Br)cc2)n1. The average Bonchev–Trinajstić information content (AvgIpc) is 2.40. The van der Waals surface area contributed by atoms with Gasteiger partial charge in [0.25, 0.3) is 0 Å². The van der Waals surface area contributed by atoms with Crippen LogP contribution < -0.4 is 10.6 Å². The van der Waals surface area contributed by atoms with E-state index < -0.39 is 0 Å². The van der Waals surface area contributed by atoms with Crippen LogP contribution in [0.15, 0.2) is 46.9 Å². The number of hydrogen-bond acceptors (Lipinski definition) is 3. The molecule has 0 spiro atoms. The van der Waals surface area contributed by atoms with Gasteiger partial charge < -0.3 is 10.6 Å². The third-order valence-corrected chi connectivity index (χ3v) is 3.37. The number of halogens is 1. The van der Waals surface area contributed by atoms with Crippen LogP contribution in [0.5, 0.6) is 0 Å². The molecule has 0 fully saturated rings. The van der Waals surface area contributed by atoms with Gasteiger partial charge in [0, 0.05) is 17.1 Å². The first-order valence-electron chi connectivity index (χ1n) is 6.42. The van der Waals surface area contributed by atoms with E-state index in [1.807, 2.05) is 18.2 Å². The van der Waals surface area contributed by atoms with E-state index in [4.69, 9.17) is 0 Å². The summed E-state index contributed by atoms with van der Waals surface area (Å²) in [5.74, 6) is 1.78. The molecule has 1 heterocycles. The van der Waals surface area contributed by atoms with Gasteiger partial charge in [0.05, 0.1) is 0 Å². The summed E-state index contributed by atoms with van der Waals surface area (Å²) >= 11 is 3.45. The molecule has 19 heavy (non-hydrogen) atoms. The lowest BCUT2D eigenvalue weighted by Gasteiger charge is -2.15. The smallest absolute Gasteiger partial charge is 0.128 e. The Kier molecular flexibility index (Phi) is 4.80. The molecule has 0 bridgehead atoms. The fourth-order valence-corrected chi connectivity index (χ4v) is 2.12. The molecular weight excluding hydrogens is 302 g/mol. The number of aromatic nitrogens is 1. The quantitative estimate of drug-likeness (QED) is 0.855. The van der Waals surface area contributed by atoms with Crippen molar-refractivity contribution < 1.29 is 0 Å². The number of pyridine rings is 1. The van der Waals surface area contributed by atoms with Gasteiger partial charge in [-0.2, -0.15) is 0 Å². The lowest BCUT2D eigenvalue weighted by atomic mass is 10.1. The maximum Gasteiger partial charge on any atom is 0.128 e. The van der Waals surface area contributed by atoms with Crippen molar-refractivity contribution in [2.45, 2.75) is 19.9 Å². The van der Waals surface area contributed by atoms with Gasteiger partial charge in [0.1, 0.15) is 11.6 Å². The Hall–Kier alpha value is -1.55. The molecule has 0 radical (unpaired) electrons. The van der Waals surface area contributed by atoms with Crippen molar-refractivity contribution >= 4 is 27.6 Å². The van der Waals surface area contributed by atoms with Crippen molar-refractivity contribution in [3.05, 3.63) is 52.5 Å². The van der Waals surface area contributed by atoms with E-state index in [1.165, 1.54) is 5.56 Å². The molecule has 0 saturated carbocycles. The summed E-state index contributed by atoms with van der Waals surface area (Å²) in [6.07, 6.45) is 0. The second-order valence-electron chi connectivity index (χ2n) is 4.36. The molecule has 0 aliphatic heterocycles. The molecule has 100 valence electrons. The number of nitrogens with one attached hydrogen (secondary N) is 2. The Bertz CT molecular complexity index is 525. The van der Waals surface area contributed by atoms with E-state index in [9.17, 15) is 0 Å². The topological polar surface area (TPSA) is 37.0 Å². The zero-order valence-electron chi connectivity index (χ0n) is 11.2. The Morgan fingerprint density at radius 1 is 1.11 bits per heavy atom. The summed E-state index contributed by atoms with van der Waals surface area (Å²) in [6, 6.07) is 14.5. The van der Waals surface area contributed by atoms with Crippen molar-refractivity contribution in [2.75, 3.05) is 17.2 Å². The Balaban J connectivity index is 2.07. The molecule has 1 aromatic carbocycles. The van der Waals surface area contributed by atoms with Gasteiger partial charge in [0.15, 0.2) is 0 Å². The molecule has 2 rings (SSSR count). The summed E-state index contributed by atoms with van der Waals surface area (Å²) in [5, 5.41) is 6.62. The summed E-state index contributed by atoms with van der Waals surface area (Å²) in [5.41, 5.74) is 1.24. The van der Waals surface area contributed by atoms with Gasteiger partial charge in [-0.3, -0.25) is 0 Å². The summed E-state index contributed by atoms with van der Waals surface area (Å²) < 4.78 is 1.09. The number of nitrogens with zero attached hydrogens (tertiary/aromatic N) is 1. The van der Waals surface area contributed by atoms with Crippen LogP contribution in [-0.2, 0) is 0 Å². The number of anilines is 2. The first kappa shape index (κ1) is 13.9. The van der Waals surface area contributed by atoms with E-state index in [-0.39, 0.29) is 6.04 Å². The molecule has 1 unspecified atom stereocenters. The van der Waals surface area contributed by atoms with E-state index >= 15 is 0 Å². The monoisotopic (exact) mass is 319 g/mol. The predicted molar refractivity (Wildman–Crippen MR) is 84.6 cm³/mol. The van der Waals surface area contributed by atoms with Gasteiger partial charge in [-0.1, -0.05) is 34.1 Å². The zero-order chi connectivity index (χ0) is 13.7. The minimum absolute atomic E-state index is 0.220. The minimum Gasteiger partial charge on any atom is -0.370 e. The number of rotatable bonds is 5. The van der Waals surface area contributed by atoms with E-state index in [0.717, 1.165) is 22.7 Å². The number of hydrogen-bond donors (Lipinski definition) is 2. The van der Waals surface area contributed by atoms with Crippen LogP contribution >= 0.6 is 15.9 Å². The fraction of sp³-hybridized carbons (Fsp3) is 0.267. The highest BCUT2D eigenvalue weighted by Gasteiger charge is 2.06. The van der Waals surface area contributed by atoms with Crippen molar-refractivity contribution in [2.24, 2.45) is 0 Å². The molecule has 0 amide bonds. The highest BCUT2D eigenvalue weighted by Crippen LogP contribution is 2.20. The van der Waals surface area contributed by atoms with Gasteiger partial charge in [-0.25, -0.2) is 4.98 Å². The maximum absolute atomic E-state index is 4.51. The van der Waals surface area contributed by atoms with Gasteiger partial charge in [0.2, 0.25) is 0 Å². The van der Waals surface area contributed by atoms with E-state index in [2.05, 4.69) is 69.7 Å². The molecule has 3 nitrogen and oxygen atoms in total. The van der Waals surface area contributed by atoms with Crippen molar-refractivity contribution in [3.63, 3.8) is 0 Å². The van der Waals surface area contributed by atoms with Crippen LogP contribution in [0.1, 0.15) is 25.5 Å². The van der Waals surface area contributed by atoms with Crippen molar-refractivity contribution in [1.82, 2.24) is 4.98 Å². The molecule has 1 aromatic heterocycles. The van der Waals surface area contributed by atoms with Crippen LogP contribution in [-0.4, -0.2) is 11.5 Å². The molecule has 0 aliphatic rings. The second kappa shape index (κ2) is 6.57. The first-order chi connectivity index (χ1) is 9.19. The summed E-state index contributed by atoms with van der Waals surface area (Å²) in [4.78, 5) is 4.51. The minimum atomic E-state index is 0.220. The molecule has 1 atom stereocenters. The molecular formula is C15H18BrN3. The van der Waals surface area contributed by atoms with Gasteiger partial charge >= 0.3 is 0 Å². The summed E-state index contributed by atoms with van der Waals surface area (Å²) in [6.45, 7) is 5.07. The lowest BCUT2D eigenvalue weighted by molar-refractivity contribution is 0.874. The standard InChI is InChI=1S/C15H18BrN3/c1-3-17-14-5-4-6-15(19-14)18-11(2)12-7-9-13(16)10-8-12/h4-11H,3H2,1-2H3,(H2,17,18,19). The lowest BCUT2D eigenvalue weighted by Crippen LogP contribution is -2.09. The van der Waals surface area contributed by atoms with Gasteiger partial charge in [-0.15, -0.1) is 0 Å². The molecule has 0 saturated heterocycles. The fourth-order valence-electron chi connectivity index (χ4n) is 1.85. The Morgan fingerprint density at radius 2 is 1.79 bits per heavy atom. The highest BCUT2D eigenvalue weighted by molar-refractivity contribution is 9.10. The number of benzene rings is 1. The summed E-state index contributed by atoms with van der Waals surface area (Å²) in [7, 11) is 0. The van der Waals surface area contributed by atoms with Crippen LogP contribution in [0, 0.1) is 0 Å². The maximum atomic E-state index is 4.51. The van der Waals surface area contributed by atoms with E-state index in [0.29, 0.717) is 0 Å². The normalized spacial score (nSPS) is 11.9. The first-order valence-corrected chi connectivity index (χ1v) is 7.21. The van der Waals surface area contributed by atoms with Crippen molar-refractivity contribution in [1.29, 1.82) is 0 Å². The predicted octanol–water partition coefficient (Wildman–Crippen LogP) is 4.45. The third kappa shape index (κ3) is 3.96. The Morgan fingerprint density at radius 3 is 2.47 bits per heavy atom. The van der Waals surface area contributed by atoms with Crippen LogP contribution in [0.3, 0.4) is 0 Å². The molecule has 2 aromatic rings. The third-order valence-electron chi connectivity index (χ3n) is 2.84. The average molecular weight is 320 g/mol. The van der Waals surface area contributed by atoms with Crippen molar-refractivity contribution in [3.8, 4) is 0 Å². The van der Waals surface area contributed by atoms with E-state index in [1.54, 1.807) is 0 Å². The molecule has 4 heteroatoms. The molecule has 0 aliphatic carbocycles. The largest absolute Gasteiger partial charge is 0.370 e. The zero-order valence-corrected chi connectivity index (χ0v) is 12.7. The second-order valence-corrected chi connectivity index (χ2v) is 5.27.